The van der Waals surface area contributed by atoms with Crippen molar-refractivity contribution in [3.8, 4) is 0 Å². The van der Waals surface area contributed by atoms with E-state index in [1.807, 2.05) is 11.8 Å². The summed E-state index contributed by atoms with van der Waals surface area (Å²) in [6, 6.07) is 0. The third-order valence-electron chi connectivity index (χ3n) is 4.84. The second kappa shape index (κ2) is 9.40. The minimum absolute atomic E-state index is 0.191. The van der Waals surface area contributed by atoms with Crippen LogP contribution in [0.5, 0.6) is 0 Å². The third-order valence-corrected chi connectivity index (χ3v) is 6.38. The summed E-state index contributed by atoms with van der Waals surface area (Å²) in [7, 11) is 1.79. The van der Waals surface area contributed by atoms with E-state index in [4.69, 9.17) is 0 Å². The van der Waals surface area contributed by atoms with E-state index in [1.165, 1.54) is 44.3 Å². The monoisotopic (exact) mass is 340 g/mol. The maximum absolute atomic E-state index is 11.9. The van der Waals surface area contributed by atoms with Crippen LogP contribution in [-0.4, -0.2) is 49.0 Å². The van der Waals surface area contributed by atoms with E-state index < -0.39 is 0 Å². The van der Waals surface area contributed by atoms with Crippen molar-refractivity contribution in [2.45, 2.75) is 56.6 Å². The van der Waals surface area contributed by atoms with E-state index in [9.17, 15) is 4.79 Å². The van der Waals surface area contributed by atoms with Crippen molar-refractivity contribution in [1.29, 1.82) is 0 Å². The molecule has 1 aliphatic carbocycles. The molecule has 1 saturated carbocycles. The van der Waals surface area contributed by atoms with Gasteiger partial charge in [-0.3, -0.25) is 9.79 Å². The SMILES string of the molecule is CN=C(NCCNC(=O)CC1CCCC1)NCC1(C)CCCS1. The zero-order chi connectivity index (χ0) is 16.5. The van der Waals surface area contributed by atoms with Gasteiger partial charge in [-0.25, -0.2) is 0 Å². The van der Waals surface area contributed by atoms with Gasteiger partial charge in [-0.2, -0.15) is 11.8 Å². The summed E-state index contributed by atoms with van der Waals surface area (Å²) in [5.41, 5.74) is 0. The van der Waals surface area contributed by atoms with Crippen molar-refractivity contribution in [1.82, 2.24) is 16.0 Å². The van der Waals surface area contributed by atoms with Crippen molar-refractivity contribution >= 4 is 23.6 Å². The molecule has 0 bridgehead atoms. The van der Waals surface area contributed by atoms with E-state index >= 15 is 0 Å². The largest absolute Gasteiger partial charge is 0.355 e. The van der Waals surface area contributed by atoms with Gasteiger partial charge in [0.15, 0.2) is 5.96 Å². The zero-order valence-corrected chi connectivity index (χ0v) is 15.4. The Morgan fingerprint density at radius 1 is 1.17 bits per heavy atom. The van der Waals surface area contributed by atoms with Gasteiger partial charge < -0.3 is 16.0 Å². The predicted molar refractivity (Wildman–Crippen MR) is 99.0 cm³/mol. The van der Waals surface area contributed by atoms with Gasteiger partial charge in [0.2, 0.25) is 5.91 Å². The zero-order valence-electron chi connectivity index (χ0n) is 14.6. The number of guanidine groups is 1. The van der Waals surface area contributed by atoms with E-state index in [-0.39, 0.29) is 5.91 Å². The molecule has 1 amide bonds. The highest BCUT2D eigenvalue weighted by Crippen LogP contribution is 2.36. The first-order valence-corrected chi connectivity index (χ1v) is 9.95. The number of nitrogens with one attached hydrogen (secondary N) is 3. The predicted octanol–water partition coefficient (Wildman–Crippen LogP) is 2.13. The Kier molecular flexibility index (Phi) is 7.53. The van der Waals surface area contributed by atoms with Crippen LogP contribution in [0.25, 0.3) is 0 Å². The Balaban J connectivity index is 1.55. The van der Waals surface area contributed by atoms with Gasteiger partial charge in [0.25, 0.3) is 0 Å². The van der Waals surface area contributed by atoms with Crippen molar-refractivity contribution in [2.24, 2.45) is 10.9 Å². The molecule has 23 heavy (non-hydrogen) atoms. The summed E-state index contributed by atoms with van der Waals surface area (Å²) in [5.74, 6) is 2.89. The van der Waals surface area contributed by atoms with Crippen LogP contribution in [0.3, 0.4) is 0 Å². The van der Waals surface area contributed by atoms with Crippen LogP contribution < -0.4 is 16.0 Å². The summed E-state index contributed by atoms with van der Waals surface area (Å²) in [4.78, 5) is 16.1. The van der Waals surface area contributed by atoms with E-state index in [0.717, 1.165) is 12.5 Å². The lowest BCUT2D eigenvalue weighted by Gasteiger charge is -2.24. The van der Waals surface area contributed by atoms with Gasteiger partial charge in [-0.15, -0.1) is 0 Å². The number of thioether (sulfide) groups is 1. The van der Waals surface area contributed by atoms with Crippen LogP contribution in [0.15, 0.2) is 4.99 Å². The molecule has 6 heteroatoms. The van der Waals surface area contributed by atoms with Crippen molar-refractivity contribution < 1.29 is 4.79 Å². The lowest BCUT2D eigenvalue weighted by atomic mass is 10.0. The molecular formula is C17H32N4OS. The van der Waals surface area contributed by atoms with Crippen LogP contribution in [0.4, 0.5) is 0 Å². The Morgan fingerprint density at radius 2 is 1.91 bits per heavy atom. The second-order valence-corrected chi connectivity index (χ2v) is 8.64. The van der Waals surface area contributed by atoms with E-state index in [0.29, 0.717) is 30.2 Å². The molecule has 5 nitrogen and oxygen atoms in total. The van der Waals surface area contributed by atoms with Crippen LogP contribution in [0, 0.1) is 5.92 Å². The number of rotatable bonds is 7. The van der Waals surface area contributed by atoms with E-state index in [1.54, 1.807) is 7.05 Å². The van der Waals surface area contributed by atoms with Crippen LogP contribution >= 0.6 is 11.8 Å². The quantitative estimate of drug-likeness (QED) is 0.377. The van der Waals surface area contributed by atoms with E-state index in [2.05, 4.69) is 27.9 Å². The highest BCUT2D eigenvalue weighted by Gasteiger charge is 2.29. The minimum atomic E-state index is 0.191. The molecule has 1 unspecified atom stereocenters. The standard InChI is InChI=1S/C17H32N4OS/c1-17(8-5-11-23-17)13-21-16(18-2)20-10-9-19-15(22)12-14-6-3-4-7-14/h14H,3-13H2,1-2H3,(H,19,22)(H2,18,20,21). The van der Waals surface area contributed by atoms with Crippen molar-refractivity contribution in [3.63, 3.8) is 0 Å². The van der Waals surface area contributed by atoms with Gasteiger partial charge in [-0.05, 0) is 44.3 Å². The Labute approximate surface area is 144 Å². The maximum atomic E-state index is 11.9. The molecule has 1 aliphatic heterocycles. The first-order valence-electron chi connectivity index (χ1n) is 8.96. The molecule has 1 heterocycles. The molecule has 0 aromatic carbocycles. The third kappa shape index (κ3) is 6.61. The number of aliphatic imine (C=N–C) groups is 1. The summed E-state index contributed by atoms with van der Waals surface area (Å²) in [6.45, 7) is 4.61. The molecule has 132 valence electrons. The van der Waals surface area contributed by atoms with Crippen LogP contribution in [0.2, 0.25) is 0 Å². The first-order chi connectivity index (χ1) is 11.1. The summed E-state index contributed by atoms with van der Waals surface area (Å²) in [6.07, 6.45) is 8.29. The smallest absolute Gasteiger partial charge is 0.220 e. The summed E-state index contributed by atoms with van der Waals surface area (Å²) >= 11 is 2.04. The molecule has 1 atom stereocenters. The molecule has 2 aliphatic rings. The number of nitrogens with zero attached hydrogens (tertiary/aromatic N) is 1. The van der Waals surface area contributed by atoms with Gasteiger partial charge in [0, 0.05) is 37.8 Å². The Bertz CT molecular complexity index is 401. The summed E-state index contributed by atoms with van der Waals surface area (Å²) in [5, 5.41) is 9.68. The average Bonchev–Trinajstić information content (AvgIpc) is 3.19. The van der Waals surface area contributed by atoms with Crippen LogP contribution in [-0.2, 0) is 4.79 Å². The fraction of sp³-hybridized carbons (Fsp3) is 0.882. The number of carbonyl (C=O) groups is 1. The number of carbonyl (C=O) groups excluding carboxylic acids is 1. The molecule has 1 saturated heterocycles. The highest BCUT2D eigenvalue weighted by molar-refractivity contribution is 8.00. The number of amides is 1. The minimum Gasteiger partial charge on any atom is -0.355 e. The normalized spacial score (nSPS) is 25.6. The van der Waals surface area contributed by atoms with Gasteiger partial charge in [0.05, 0.1) is 0 Å². The van der Waals surface area contributed by atoms with Crippen LogP contribution in [0.1, 0.15) is 51.9 Å². The maximum Gasteiger partial charge on any atom is 0.220 e. The fourth-order valence-electron chi connectivity index (χ4n) is 3.40. The molecule has 2 fully saturated rings. The van der Waals surface area contributed by atoms with Gasteiger partial charge >= 0.3 is 0 Å². The molecule has 0 aromatic rings. The Morgan fingerprint density at radius 3 is 2.57 bits per heavy atom. The number of hydrogen-bond acceptors (Lipinski definition) is 3. The highest BCUT2D eigenvalue weighted by atomic mass is 32.2. The lowest BCUT2D eigenvalue weighted by Crippen LogP contribution is -2.45. The topological polar surface area (TPSA) is 65.5 Å². The van der Waals surface area contributed by atoms with Crippen molar-refractivity contribution in [2.75, 3.05) is 32.4 Å². The summed E-state index contributed by atoms with van der Waals surface area (Å²) < 4.78 is 0.327. The number of hydrogen-bond donors (Lipinski definition) is 3. The average molecular weight is 341 g/mol. The van der Waals surface area contributed by atoms with Gasteiger partial charge in [0.1, 0.15) is 0 Å². The van der Waals surface area contributed by atoms with Crippen molar-refractivity contribution in [3.05, 3.63) is 0 Å². The molecule has 2 rings (SSSR count). The molecular weight excluding hydrogens is 308 g/mol. The molecule has 0 radical (unpaired) electrons. The Hall–Kier alpha value is -0.910. The fourth-order valence-corrected chi connectivity index (χ4v) is 4.64. The lowest BCUT2D eigenvalue weighted by molar-refractivity contribution is -0.121. The molecule has 0 spiro atoms. The van der Waals surface area contributed by atoms with Gasteiger partial charge in [-0.1, -0.05) is 12.8 Å². The molecule has 3 N–H and O–H groups in total. The first kappa shape index (κ1) is 18.4. The second-order valence-electron chi connectivity index (χ2n) is 6.96. The molecule has 0 aromatic heterocycles.